The molecule has 0 aliphatic heterocycles. The van der Waals surface area contributed by atoms with Gasteiger partial charge in [-0.1, -0.05) is 12.1 Å². The molecule has 98 valence electrons. The van der Waals surface area contributed by atoms with Crippen LogP contribution in [0.15, 0.2) is 24.3 Å². The van der Waals surface area contributed by atoms with E-state index < -0.39 is 17.9 Å². The van der Waals surface area contributed by atoms with Crippen molar-refractivity contribution in [3.05, 3.63) is 29.8 Å². The van der Waals surface area contributed by atoms with Gasteiger partial charge in [-0.2, -0.15) is 5.21 Å². The molecule has 1 atom stereocenters. The third-order valence-corrected chi connectivity index (χ3v) is 2.45. The summed E-state index contributed by atoms with van der Waals surface area (Å²) in [5, 5.41) is 24.5. The van der Waals surface area contributed by atoms with Crippen LogP contribution in [0.5, 0.6) is 0 Å². The van der Waals surface area contributed by atoms with Gasteiger partial charge in [-0.05, 0) is 24.3 Å². The molecule has 0 aliphatic rings. The summed E-state index contributed by atoms with van der Waals surface area (Å²) >= 11 is 0. The van der Waals surface area contributed by atoms with Crippen molar-refractivity contribution in [3.8, 4) is 11.4 Å². The Labute approximate surface area is 107 Å². The molecular formula is C11H11N5O3. The summed E-state index contributed by atoms with van der Waals surface area (Å²) in [5.41, 5.74) is 0.944. The number of aromatic nitrogens is 4. The number of nitrogens with one attached hydrogen (secondary N) is 2. The molecule has 0 aliphatic carbocycles. The zero-order valence-electron chi connectivity index (χ0n) is 9.99. The summed E-state index contributed by atoms with van der Waals surface area (Å²) in [6.07, 6.45) is 0. The Morgan fingerprint density at radius 1 is 1.42 bits per heavy atom. The maximum absolute atomic E-state index is 11.8. The number of amides is 1. The molecule has 1 heterocycles. The van der Waals surface area contributed by atoms with Gasteiger partial charge in [0.2, 0.25) is 5.82 Å². The third-order valence-electron chi connectivity index (χ3n) is 2.45. The lowest BCUT2D eigenvalue weighted by Gasteiger charge is -2.09. The predicted molar refractivity (Wildman–Crippen MR) is 64.2 cm³/mol. The topological polar surface area (TPSA) is 121 Å². The van der Waals surface area contributed by atoms with Crippen LogP contribution >= 0.6 is 0 Å². The van der Waals surface area contributed by atoms with Gasteiger partial charge in [0.25, 0.3) is 5.91 Å². The second-order valence-electron chi connectivity index (χ2n) is 3.85. The number of hydrogen-bond donors (Lipinski definition) is 3. The molecule has 8 heteroatoms. The second kappa shape index (κ2) is 5.25. The summed E-state index contributed by atoms with van der Waals surface area (Å²) in [5.74, 6) is -1.20. The predicted octanol–water partition coefficient (Wildman–Crippen LogP) is 0.0696. The summed E-state index contributed by atoms with van der Waals surface area (Å²) in [4.78, 5) is 22.5. The van der Waals surface area contributed by atoms with Crippen LogP contribution in [0.2, 0.25) is 0 Å². The molecule has 1 amide bonds. The monoisotopic (exact) mass is 261 g/mol. The van der Waals surface area contributed by atoms with Crippen LogP contribution in [0.1, 0.15) is 17.3 Å². The van der Waals surface area contributed by atoms with E-state index >= 15 is 0 Å². The smallest absolute Gasteiger partial charge is 0.325 e. The number of benzene rings is 1. The first kappa shape index (κ1) is 12.7. The van der Waals surface area contributed by atoms with Gasteiger partial charge in [0.15, 0.2) is 0 Å². The molecular weight excluding hydrogens is 250 g/mol. The number of aliphatic carboxylic acids is 1. The molecule has 2 aromatic rings. The third kappa shape index (κ3) is 2.92. The first-order valence-corrected chi connectivity index (χ1v) is 5.45. The van der Waals surface area contributed by atoms with Gasteiger partial charge in [0, 0.05) is 11.1 Å². The molecule has 1 aromatic heterocycles. The minimum absolute atomic E-state index is 0.329. The number of carboxylic acids is 1. The summed E-state index contributed by atoms with van der Waals surface area (Å²) < 4.78 is 0. The van der Waals surface area contributed by atoms with Crippen LogP contribution in [-0.4, -0.2) is 43.6 Å². The molecule has 19 heavy (non-hydrogen) atoms. The molecule has 2 rings (SSSR count). The summed E-state index contributed by atoms with van der Waals surface area (Å²) in [6.45, 7) is 1.39. The largest absolute Gasteiger partial charge is 0.480 e. The van der Waals surface area contributed by atoms with Crippen molar-refractivity contribution in [1.82, 2.24) is 25.9 Å². The van der Waals surface area contributed by atoms with E-state index in [1.54, 1.807) is 24.3 Å². The highest BCUT2D eigenvalue weighted by Crippen LogP contribution is 2.14. The standard InChI is InChI=1S/C11H11N5O3/c1-6(11(18)19)12-10(17)8-4-2-3-7(5-8)9-13-15-16-14-9/h2-6H,1H3,(H,12,17)(H,18,19)(H,13,14,15,16)/t6-/m1/s1. The number of nitrogens with zero attached hydrogens (tertiary/aromatic N) is 3. The molecule has 0 spiro atoms. The van der Waals surface area contributed by atoms with E-state index in [1.807, 2.05) is 0 Å². The van der Waals surface area contributed by atoms with Gasteiger partial charge in [-0.3, -0.25) is 9.59 Å². The van der Waals surface area contributed by atoms with Crippen LogP contribution in [0, 0.1) is 0 Å². The van der Waals surface area contributed by atoms with E-state index in [9.17, 15) is 9.59 Å². The van der Waals surface area contributed by atoms with Gasteiger partial charge in [0.1, 0.15) is 6.04 Å². The van der Waals surface area contributed by atoms with Crippen LogP contribution in [-0.2, 0) is 4.79 Å². The molecule has 0 unspecified atom stereocenters. The fourth-order valence-electron chi connectivity index (χ4n) is 1.43. The summed E-state index contributed by atoms with van der Waals surface area (Å²) in [7, 11) is 0. The molecule has 8 nitrogen and oxygen atoms in total. The highest BCUT2D eigenvalue weighted by atomic mass is 16.4. The van der Waals surface area contributed by atoms with Crippen molar-refractivity contribution in [3.63, 3.8) is 0 Å². The molecule has 0 bridgehead atoms. The average molecular weight is 261 g/mol. The maximum Gasteiger partial charge on any atom is 0.325 e. The number of aromatic amines is 1. The van der Waals surface area contributed by atoms with E-state index in [0.717, 1.165) is 0 Å². The zero-order valence-corrected chi connectivity index (χ0v) is 9.99. The van der Waals surface area contributed by atoms with Crippen molar-refractivity contribution < 1.29 is 14.7 Å². The number of hydrogen-bond acceptors (Lipinski definition) is 5. The lowest BCUT2D eigenvalue weighted by atomic mass is 10.1. The molecule has 0 saturated carbocycles. The van der Waals surface area contributed by atoms with Crippen LogP contribution in [0.3, 0.4) is 0 Å². The lowest BCUT2D eigenvalue weighted by molar-refractivity contribution is -0.138. The zero-order chi connectivity index (χ0) is 13.8. The maximum atomic E-state index is 11.8. The molecule has 0 saturated heterocycles. The molecule has 0 fully saturated rings. The Bertz CT molecular complexity index is 596. The fourth-order valence-corrected chi connectivity index (χ4v) is 1.43. The Balaban J connectivity index is 2.19. The van der Waals surface area contributed by atoms with Crippen LogP contribution in [0.4, 0.5) is 0 Å². The Kier molecular flexibility index (Phi) is 3.51. The van der Waals surface area contributed by atoms with Gasteiger partial charge in [-0.15, -0.1) is 10.2 Å². The van der Waals surface area contributed by atoms with Crippen molar-refractivity contribution >= 4 is 11.9 Å². The molecule has 0 radical (unpaired) electrons. The number of rotatable bonds is 4. The number of tetrazole rings is 1. The average Bonchev–Trinajstić information content (AvgIpc) is 2.92. The Morgan fingerprint density at radius 3 is 2.84 bits per heavy atom. The quantitative estimate of drug-likeness (QED) is 0.716. The Hall–Kier alpha value is -2.77. The lowest BCUT2D eigenvalue weighted by Crippen LogP contribution is -2.38. The van der Waals surface area contributed by atoms with Crippen LogP contribution < -0.4 is 5.32 Å². The van der Waals surface area contributed by atoms with E-state index in [0.29, 0.717) is 17.0 Å². The van der Waals surface area contributed by atoms with Gasteiger partial charge < -0.3 is 10.4 Å². The van der Waals surface area contributed by atoms with E-state index in [-0.39, 0.29) is 0 Å². The SMILES string of the molecule is C[C@@H](NC(=O)c1cccc(-c2nn[nH]n2)c1)C(=O)O. The van der Waals surface area contributed by atoms with E-state index in [4.69, 9.17) is 5.11 Å². The minimum Gasteiger partial charge on any atom is -0.480 e. The van der Waals surface area contributed by atoms with Gasteiger partial charge in [0.05, 0.1) is 0 Å². The van der Waals surface area contributed by atoms with E-state index in [2.05, 4.69) is 25.9 Å². The fraction of sp³-hybridized carbons (Fsp3) is 0.182. The van der Waals surface area contributed by atoms with Crippen molar-refractivity contribution in [2.45, 2.75) is 13.0 Å². The van der Waals surface area contributed by atoms with Crippen molar-refractivity contribution in [2.75, 3.05) is 0 Å². The highest BCUT2D eigenvalue weighted by Gasteiger charge is 2.16. The minimum atomic E-state index is -1.09. The first-order chi connectivity index (χ1) is 9.08. The first-order valence-electron chi connectivity index (χ1n) is 5.45. The van der Waals surface area contributed by atoms with Crippen molar-refractivity contribution in [2.24, 2.45) is 0 Å². The van der Waals surface area contributed by atoms with E-state index in [1.165, 1.54) is 6.92 Å². The number of carbonyl (C=O) groups excluding carboxylic acids is 1. The van der Waals surface area contributed by atoms with Gasteiger partial charge >= 0.3 is 5.97 Å². The molecule has 1 aromatic carbocycles. The molecule has 3 N–H and O–H groups in total. The number of H-pyrrole nitrogens is 1. The Morgan fingerprint density at radius 2 is 2.21 bits per heavy atom. The number of carbonyl (C=O) groups is 2. The summed E-state index contributed by atoms with van der Waals surface area (Å²) in [6, 6.07) is 5.57. The van der Waals surface area contributed by atoms with Crippen molar-refractivity contribution in [1.29, 1.82) is 0 Å². The van der Waals surface area contributed by atoms with Gasteiger partial charge in [-0.25, -0.2) is 0 Å². The highest BCUT2D eigenvalue weighted by molar-refractivity contribution is 5.97. The second-order valence-corrected chi connectivity index (χ2v) is 3.85. The number of carboxylic acid groups (broad SMARTS) is 1. The normalized spacial score (nSPS) is 11.8. The van der Waals surface area contributed by atoms with Crippen LogP contribution in [0.25, 0.3) is 11.4 Å².